The number of hydrogen-bond acceptors (Lipinski definition) is 6. The molecular formula is C45H89N2O6P. The summed E-state index contributed by atoms with van der Waals surface area (Å²) in [7, 11) is -4.34. The van der Waals surface area contributed by atoms with Crippen molar-refractivity contribution in [3.05, 3.63) is 24.3 Å². The quantitative estimate of drug-likeness (QED) is 0.0275. The number of aliphatic hydroxyl groups is 1. The molecule has 0 aromatic heterocycles. The van der Waals surface area contributed by atoms with Gasteiger partial charge in [0.15, 0.2) is 0 Å². The summed E-state index contributed by atoms with van der Waals surface area (Å²) in [6, 6.07) is -0.872. The van der Waals surface area contributed by atoms with Crippen LogP contribution < -0.4 is 11.1 Å². The second-order valence-electron chi connectivity index (χ2n) is 15.6. The van der Waals surface area contributed by atoms with Crippen molar-refractivity contribution in [3.63, 3.8) is 0 Å². The lowest BCUT2D eigenvalue weighted by Gasteiger charge is -2.23. The molecule has 0 radical (unpaired) electrons. The highest BCUT2D eigenvalue weighted by Crippen LogP contribution is 2.43. The van der Waals surface area contributed by atoms with Gasteiger partial charge in [-0.15, -0.1) is 0 Å². The average Bonchev–Trinajstić information content (AvgIpc) is 3.16. The molecule has 0 heterocycles. The standard InChI is InChI=1S/C45H89N2O6P/c1-3-5-7-9-11-13-15-17-19-21-23-24-26-28-30-32-34-36-38-44(48)43(42-53-54(50,51)52-41-40-46)47-45(49)39-37-35-33-31-29-27-25-22-20-18-16-14-12-10-8-6-4-2/h28,30,36,38,43-44,48H,3-27,29,31-35,37,39-42,46H2,1-2H3,(H,47,49)(H,50,51)/b30-28+,38-36+. The molecule has 8 nitrogen and oxygen atoms in total. The summed E-state index contributed by atoms with van der Waals surface area (Å²) in [5, 5.41) is 13.7. The zero-order chi connectivity index (χ0) is 39.6. The largest absolute Gasteiger partial charge is 0.472 e. The zero-order valence-electron chi connectivity index (χ0n) is 35.5. The van der Waals surface area contributed by atoms with E-state index < -0.39 is 20.0 Å². The molecule has 0 saturated carbocycles. The van der Waals surface area contributed by atoms with Gasteiger partial charge in [-0.25, -0.2) is 4.57 Å². The Balaban J connectivity index is 4.21. The van der Waals surface area contributed by atoms with Crippen LogP contribution >= 0.6 is 7.82 Å². The van der Waals surface area contributed by atoms with E-state index in [9.17, 15) is 19.4 Å². The van der Waals surface area contributed by atoms with Crippen LogP contribution in [0.1, 0.15) is 226 Å². The number of nitrogens with one attached hydrogen (secondary N) is 1. The maximum absolute atomic E-state index is 12.8. The van der Waals surface area contributed by atoms with Crippen molar-refractivity contribution >= 4 is 13.7 Å². The maximum atomic E-state index is 12.8. The van der Waals surface area contributed by atoms with E-state index in [1.54, 1.807) is 6.08 Å². The van der Waals surface area contributed by atoms with Crippen molar-refractivity contribution < 1.29 is 28.4 Å². The molecule has 0 aliphatic rings. The fraction of sp³-hybridized carbons (Fsp3) is 0.889. The normalized spacial score (nSPS) is 14.2. The van der Waals surface area contributed by atoms with Crippen LogP contribution in [0.5, 0.6) is 0 Å². The number of rotatable bonds is 43. The highest BCUT2D eigenvalue weighted by atomic mass is 31.2. The number of phosphoric acid groups is 1. The first-order chi connectivity index (χ1) is 26.4. The predicted octanol–water partition coefficient (Wildman–Crippen LogP) is 12.9. The summed E-state index contributed by atoms with van der Waals surface area (Å²) in [6.45, 7) is 4.14. The first-order valence-electron chi connectivity index (χ1n) is 23.0. The molecule has 0 rings (SSSR count). The predicted molar refractivity (Wildman–Crippen MR) is 231 cm³/mol. The number of allylic oxidation sites excluding steroid dienone is 3. The molecule has 0 saturated heterocycles. The number of phosphoric ester groups is 1. The maximum Gasteiger partial charge on any atom is 0.472 e. The van der Waals surface area contributed by atoms with E-state index in [0.717, 1.165) is 38.5 Å². The molecule has 3 atom stereocenters. The average molecular weight is 785 g/mol. The molecule has 1 amide bonds. The zero-order valence-corrected chi connectivity index (χ0v) is 36.4. The van der Waals surface area contributed by atoms with Crippen LogP contribution in [0.25, 0.3) is 0 Å². The Labute approximate surface area is 334 Å². The lowest BCUT2D eigenvalue weighted by atomic mass is 10.0. The third-order valence-corrected chi connectivity index (χ3v) is 11.3. The lowest BCUT2D eigenvalue weighted by Crippen LogP contribution is -2.45. The third-order valence-electron chi connectivity index (χ3n) is 10.3. The monoisotopic (exact) mass is 785 g/mol. The fourth-order valence-corrected chi connectivity index (χ4v) is 7.56. The summed E-state index contributed by atoms with van der Waals surface area (Å²) in [4.78, 5) is 22.7. The van der Waals surface area contributed by atoms with Crippen LogP contribution in [0.3, 0.4) is 0 Å². The van der Waals surface area contributed by atoms with Crippen molar-refractivity contribution in [2.45, 2.75) is 238 Å². The van der Waals surface area contributed by atoms with Crippen molar-refractivity contribution in [3.8, 4) is 0 Å². The molecular weight excluding hydrogens is 695 g/mol. The van der Waals surface area contributed by atoms with Crippen LogP contribution in [-0.4, -0.2) is 47.8 Å². The number of carbonyl (C=O) groups is 1. The van der Waals surface area contributed by atoms with Gasteiger partial charge in [0.25, 0.3) is 0 Å². The SMILES string of the molecule is CCCCCCCCCCCCCC/C=C/CC/C=C/C(O)C(COP(=O)(O)OCCN)NC(=O)CCCCCCCCCCCCCCCCCCC. The summed E-state index contributed by atoms with van der Waals surface area (Å²) in [6.07, 6.45) is 48.0. The molecule has 5 N–H and O–H groups in total. The second-order valence-corrected chi connectivity index (χ2v) is 17.1. The van der Waals surface area contributed by atoms with E-state index in [-0.39, 0.29) is 25.7 Å². The molecule has 320 valence electrons. The summed E-state index contributed by atoms with van der Waals surface area (Å²) in [5.74, 6) is -0.201. The topological polar surface area (TPSA) is 131 Å². The minimum Gasteiger partial charge on any atom is -0.387 e. The summed E-state index contributed by atoms with van der Waals surface area (Å²) < 4.78 is 22.1. The van der Waals surface area contributed by atoms with Crippen LogP contribution in [0.15, 0.2) is 24.3 Å². The van der Waals surface area contributed by atoms with Gasteiger partial charge in [-0.3, -0.25) is 13.8 Å². The highest BCUT2D eigenvalue weighted by molar-refractivity contribution is 7.47. The van der Waals surface area contributed by atoms with Crippen LogP contribution in [0, 0.1) is 0 Å². The van der Waals surface area contributed by atoms with Gasteiger partial charge in [0.05, 0.1) is 25.4 Å². The molecule has 0 spiro atoms. The third kappa shape index (κ3) is 39.2. The van der Waals surface area contributed by atoms with Gasteiger partial charge in [0, 0.05) is 13.0 Å². The fourth-order valence-electron chi connectivity index (χ4n) is 6.80. The van der Waals surface area contributed by atoms with Crippen molar-refractivity contribution in [1.29, 1.82) is 0 Å². The Morgan fingerprint density at radius 2 is 0.981 bits per heavy atom. The van der Waals surface area contributed by atoms with Crippen LogP contribution in [0.4, 0.5) is 0 Å². The van der Waals surface area contributed by atoms with Gasteiger partial charge in [0.2, 0.25) is 5.91 Å². The highest BCUT2D eigenvalue weighted by Gasteiger charge is 2.26. The van der Waals surface area contributed by atoms with Crippen LogP contribution in [0.2, 0.25) is 0 Å². The number of carbonyl (C=O) groups excluding carboxylic acids is 1. The summed E-state index contributed by atoms with van der Waals surface area (Å²) >= 11 is 0. The molecule has 0 bridgehead atoms. The van der Waals surface area contributed by atoms with Crippen molar-refractivity contribution in [2.75, 3.05) is 19.8 Å². The molecule has 0 aliphatic carbocycles. The van der Waals surface area contributed by atoms with Gasteiger partial charge >= 0.3 is 7.82 Å². The molecule has 0 fully saturated rings. The van der Waals surface area contributed by atoms with Gasteiger partial charge in [-0.2, -0.15) is 0 Å². The molecule has 0 aromatic rings. The molecule has 0 aromatic carbocycles. The molecule has 9 heteroatoms. The van der Waals surface area contributed by atoms with Crippen LogP contribution in [-0.2, 0) is 18.4 Å². The summed E-state index contributed by atoms with van der Waals surface area (Å²) in [5.41, 5.74) is 5.38. The van der Waals surface area contributed by atoms with E-state index in [1.807, 2.05) is 6.08 Å². The number of nitrogens with two attached hydrogens (primary N) is 1. The number of unbranched alkanes of at least 4 members (excludes halogenated alkanes) is 29. The van der Waals surface area contributed by atoms with E-state index >= 15 is 0 Å². The van der Waals surface area contributed by atoms with Gasteiger partial charge in [-0.05, 0) is 32.1 Å². The van der Waals surface area contributed by atoms with E-state index in [0.29, 0.717) is 6.42 Å². The van der Waals surface area contributed by atoms with E-state index in [4.69, 9.17) is 14.8 Å². The first-order valence-corrected chi connectivity index (χ1v) is 24.5. The molecule has 54 heavy (non-hydrogen) atoms. The minimum absolute atomic E-state index is 0.0760. The van der Waals surface area contributed by atoms with Gasteiger partial charge < -0.3 is 21.1 Å². The van der Waals surface area contributed by atoms with Crippen molar-refractivity contribution in [1.82, 2.24) is 5.32 Å². The Bertz CT molecular complexity index is 901. The number of hydrogen-bond donors (Lipinski definition) is 4. The molecule has 0 aliphatic heterocycles. The Morgan fingerprint density at radius 1 is 0.593 bits per heavy atom. The van der Waals surface area contributed by atoms with Crippen molar-refractivity contribution in [2.24, 2.45) is 5.73 Å². The second kappa shape index (κ2) is 41.6. The van der Waals surface area contributed by atoms with Gasteiger partial charge in [0.1, 0.15) is 0 Å². The smallest absolute Gasteiger partial charge is 0.387 e. The lowest BCUT2D eigenvalue weighted by molar-refractivity contribution is -0.123. The minimum atomic E-state index is -4.34. The Morgan fingerprint density at radius 3 is 1.43 bits per heavy atom. The number of aliphatic hydroxyl groups excluding tert-OH is 1. The first kappa shape index (κ1) is 53.0. The Kier molecular flexibility index (Phi) is 40.8. The van der Waals surface area contributed by atoms with E-state index in [2.05, 4.69) is 31.3 Å². The number of amides is 1. The Hall–Kier alpha value is -1.02. The molecule has 3 unspecified atom stereocenters. The van der Waals surface area contributed by atoms with E-state index in [1.165, 1.54) is 167 Å². The van der Waals surface area contributed by atoms with Gasteiger partial charge in [-0.1, -0.05) is 212 Å².